The molecule has 0 atom stereocenters. The molecule has 2 rings (SSSR count). The van der Waals surface area contributed by atoms with Crippen LogP contribution in [0, 0.1) is 0 Å². The molecule has 2 aromatic rings. The lowest BCUT2D eigenvalue weighted by Gasteiger charge is -2.19. The summed E-state index contributed by atoms with van der Waals surface area (Å²) in [7, 11) is 0. The number of amides is 1. The first-order valence-corrected chi connectivity index (χ1v) is 7.53. The Morgan fingerprint density at radius 3 is 2.24 bits per heavy atom. The average molecular weight is 347 g/mol. The van der Waals surface area contributed by atoms with Crippen molar-refractivity contribution in [1.82, 2.24) is 0 Å². The van der Waals surface area contributed by atoms with E-state index < -0.39 is 0 Å². The molecule has 0 unspecified atom stereocenters. The molecule has 0 aliphatic carbocycles. The van der Waals surface area contributed by atoms with Crippen LogP contribution in [-0.2, 0) is 5.41 Å². The van der Waals surface area contributed by atoms with Gasteiger partial charge in [-0.05, 0) is 57.2 Å². The number of benzene rings is 2. The van der Waals surface area contributed by atoms with Gasteiger partial charge in [0.25, 0.3) is 5.91 Å². The van der Waals surface area contributed by atoms with Gasteiger partial charge in [-0.15, -0.1) is 0 Å². The van der Waals surface area contributed by atoms with Crippen LogP contribution in [0.25, 0.3) is 0 Å². The van der Waals surface area contributed by atoms with Crippen molar-refractivity contribution in [2.45, 2.75) is 26.2 Å². The molecule has 4 heteroatoms. The molecule has 0 radical (unpaired) electrons. The van der Waals surface area contributed by atoms with Gasteiger partial charge in [0.2, 0.25) is 0 Å². The zero-order valence-electron chi connectivity index (χ0n) is 12.4. The van der Waals surface area contributed by atoms with Crippen LogP contribution < -0.4 is 11.1 Å². The largest absolute Gasteiger partial charge is 0.398 e. The van der Waals surface area contributed by atoms with Crippen molar-refractivity contribution in [3.8, 4) is 0 Å². The quantitative estimate of drug-likeness (QED) is 0.781. The van der Waals surface area contributed by atoms with Gasteiger partial charge in [-0.2, -0.15) is 0 Å². The third-order valence-electron chi connectivity index (χ3n) is 3.27. The lowest BCUT2D eigenvalue weighted by atomic mass is 9.87. The number of hydrogen-bond donors (Lipinski definition) is 2. The van der Waals surface area contributed by atoms with E-state index in [9.17, 15) is 4.79 Å². The maximum Gasteiger partial charge on any atom is 0.255 e. The Morgan fingerprint density at radius 1 is 1.10 bits per heavy atom. The minimum absolute atomic E-state index is 0.0802. The van der Waals surface area contributed by atoms with Gasteiger partial charge in [-0.1, -0.05) is 32.9 Å². The number of rotatable bonds is 2. The molecule has 3 nitrogen and oxygen atoms in total. The lowest BCUT2D eigenvalue weighted by Crippen LogP contribution is -2.14. The van der Waals surface area contributed by atoms with E-state index in [0.29, 0.717) is 16.9 Å². The summed E-state index contributed by atoms with van der Waals surface area (Å²) in [5.74, 6) is -0.132. The molecule has 0 saturated heterocycles. The predicted molar refractivity (Wildman–Crippen MR) is 91.6 cm³/mol. The summed E-state index contributed by atoms with van der Waals surface area (Å²) >= 11 is 3.35. The molecule has 0 bridgehead atoms. The standard InChI is InChI=1S/C17H19BrN2O/c1-17(2,3)12-6-4-11(5-7-12)16(21)20-13-8-9-15(19)14(18)10-13/h4-10H,19H2,1-3H3,(H,20,21). The Kier molecular flexibility index (Phi) is 4.37. The molecular weight excluding hydrogens is 328 g/mol. The molecule has 0 fully saturated rings. The van der Waals surface area contributed by atoms with E-state index in [1.165, 1.54) is 5.56 Å². The Balaban J connectivity index is 2.15. The van der Waals surface area contributed by atoms with Crippen LogP contribution in [-0.4, -0.2) is 5.91 Å². The van der Waals surface area contributed by atoms with E-state index in [0.717, 1.165) is 4.47 Å². The van der Waals surface area contributed by atoms with Gasteiger partial charge in [0.1, 0.15) is 0 Å². The fourth-order valence-electron chi connectivity index (χ4n) is 1.93. The highest BCUT2D eigenvalue weighted by molar-refractivity contribution is 9.10. The first-order chi connectivity index (χ1) is 9.77. The van der Waals surface area contributed by atoms with Crippen molar-refractivity contribution in [3.05, 3.63) is 58.1 Å². The van der Waals surface area contributed by atoms with E-state index in [2.05, 4.69) is 42.0 Å². The number of anilines is 2. The second-order valence-corrected chi connectivity index (χ2v) is 6.87. The summed E-state index contributed by atoms with van der Waals surface area (Å²) in [6, 6.07) is 13.0. The second-order valence-electron chi connectivity index (χ2n) is 6.02. The number of carbonyl (C=O) groups excluding carboxylic acids is 1. The molecule has 0 saturated carbocycles. The summed E-state index contributed by atoms with van der Waals surface area (Å²) in [6.45, 7) is 6.44. The number of hydrogen-bond acceptors (Lipinski definition) is 2. The Morgan fingerprint density at radius 2 is 1.71 bits per heavy atom. The third-order valence-corrected chi connectivity index (χ3v) is 3.96. The Bertz CT molecular complexity index is 657. The summed E-state index contributed by atoms with van der Waals surface area (Å²) in [4.78, 5) is 12.2. The SMILES string of the molecule is CC(C)(C)c1ccc(C(=O)Nc2ccc(N)c(Br)c2)cc1. The molecule has 0 aromatic heterocycles. The highest BCUT2D eigenvalue weighted by atomic mass is 79.9. The number of nitrogen functional groups attached to an aromatic ring is 1. The molecule has 21 heavy (non-hydrogen) atoms. The van der Waals surface area contributed by atoms with Gasteiger partial charge >= 0.3 is 0 Å². The minimum Gasteiger partial charge on any atom is -0.398 e. The van der Waals surface area contributed by atoms with Gasteiger partial charge < -0.3 is 11.1 Å². The van der Waals surface area contributed by atoms with Gasteiger partial charge in [0, 0.05) is 21.4 Å². The zero-order chi connectivity index (χ0) is 15.6. The molecule has 1 amide bonds. The highest BCUT2D eigenvalue weighted by Crippen LogP contribution is 2.24. The third kappa shape index (κ3) is 3.85. The Labute approximate surface area is 133 Å². The topological polar surface area (TPSA) is 55.1 Å². The number of carbonyl (C=O) groups is 1. The average Bonchev–Trinajstić information content (AvgIpc) is 2.42. The fraction of sp³-hybridized carbons (Fsp3) is 0.235. The van der Waals surface area contributed by atoms with Gasteiger partial charge in [0.15, 0.2) is 0 Å². The van der Waals surface area contributed by atoms with Crippen molar-refractivity contribution >= 4 is 33.2 Å². The monoisotopic (exact) mass is 346 g/mol. The molecule has 110 valence electrons. The van der Waals surface area contributed by atoms with Crippen LogP contribution in [0.15, 0.2) is 46.9 Å². The fourth-order valence-corrected chi connectivity index (χ4v) is 2.31. The van der Waals surface area contributed by atoms with Crippen LogP contribution in [0.2, 0.25) is 0 Å². The van der Waals surface area contributed by atoms with Crippen LogP contribution in [0.1, 0.15) is 36.7 Å². The lowest BCUT2D eigenvalue weighted by molar-refractivity contribution is 0.102. The summed E-state index contributed by atoms with van der Waals surface area (Å²) in [6.07, 6.45) is 0. The van der Waals surface area contributed by atoms with Crippen LogP contribution in [0.4, 0.5) is 11.4 Å². The van der Waals surface area contributed by atoms with E-state index in [1.807, 2.05) is 24.3 Å². The van der Waals surface area contributed by atoms with Gasteiger partial charge in [-0.3, -0.25) is 4.79 Å². The smallest absolute Gasteiger partial charge is 0.255 e. The van der Waals surface area contributed by atoms with Crippen molar-refractivity contribution in [2.24, 2.45) is 0 Å². The van der Waals surface area contributed by atoms with Crippen LogP contribution in [0.5, 0.6) is 0 Å². The molecular formula is C17H19BrN2O. The number of nitrogens with one attached hydrogen (secondary N) is 1. The first-order valence-electron chi connectivity index (χ1n) is 6.74. The minimum atomic E-state index is -0.132. The summed E-state index contributed by atoms with van der Waals surface area (Å²) in [5, 5.41) is 2.86. The molecule has 0 heterocycles. The number of halogens is 1. The van der Waals surface area contributed by atoms with E-state index >= 15 is 0 Å². The highest BCUT2D eigenvalue weighted by Gasteiger charge is 2.14. The predicted octanol–water partition coefficient (Wildman–Crippen LogP) is 4.58. The zero-order valence-corrected chi connectivity index (χ0v) is 14.0. The molecule has 0 aliphatic rings. The van der Waals surface area contributed by atoms with Crippen LogP contribution >= 0.6 is 15.9 Å². The summed E-state index contributed by atoms with van der Waals surface area (Å²) < 4.78 is 0.767. The van der Waals surface area contributed by atoms with E-state index in [-0.39, 0.29) is 11.3 Å². The van der Waals surface area contributed by atoms with E-state index in [1.54, 1.807) is 18.2 Å². The van der Waals surface area contributed by atoms with Gasteiger partial charge in [-0.25, -0.2) is 0 Å². The van der Waals surface area contributed by atoms with Gasteiger partial charge in [0.05, 0.1) is 0 Å². The van der Waals surface area contributed by atoms with Crippen molar-refractivity contribution in [2.75, 3.05) is 11.1 Å². The first kappa shape index (κ1) is 15.6. The van der Waals surface area contributed by atoms with Crippen molar-refractivity contribution in [3.63, 3.8) is 0 Å². The maximum absolute atomic E-state index is 12.2. The Hall–Kier alpha value is -1.81. The second kappa shape index (κ2) is 5.90. The molecule has 2 aromatic carbocycles. The normalized spacial score (nSPS) is 11.2. The van der Waals surface area contributed by atoms with Crippen molar-refractivity contribution in [1.29, 1.82) is 0 Å². The summed E-state index contributed by atoms with van der Waals surface area (Å²) in [5.41, 5.74) is 9.00. The van der Waals surface area contributed by atoms with E-state index in [4.69, 9.17) is 5.73 Å². The molecule has 0 aliphatic heterocycles. The molecule has 3 N–H and O–H groups in total. The van der Waals surface area contributed by atoms with Crippen molar-refractivity contribution < 1.29 is 4.79 Å². The maximum atomic E-state index is 12.2. The molecule has 0 spiro atoms. The van der Waals surface area contributed by atoms with Crippen LogP contribution in [0.3, 0.4) is 0 Å². The number of nitrogens with two attached hydrogens (primary N) is 1.